The summed E-state index contributed by atoms with van der Waals surface area (Å²) in [6.45, 7) is 8.53. The summed E-state index contributed by atoms with van der Waals surface area (Å²) in [6, 6.07) is 0. The highest BCUT2D eigenvalue weighted by Crippen LogP contribution is 2.27. The maximum Gasteiger partial charge on any atom is 0.233 e. The normalized spacial score (nSPS) is 21.2. The molecule has 0 radical (unpaired) electrons. The molecular formula is C14H25NO3. The molecule has 1 heterocycles. The second-order valence-electron chi connectivity index (χ2n) is 6.01. The van der Waals surface area contributed by atoms with Crippen molar-refractivity contribution in [1.29, 1.82) is 0 Å². The summed E-state index contributed by atoms with van der Waals surface area (Å²) >= 11 is 0. The molecule has 4 nitrogen and oxygen atoms in total. The fraction of sp³-hybridized carbons (Fsp3) is 0.857. The molecular weight excluding hydrogens is 230 g/mol. The van der Waals surface area contributed by atoms with Gasteiger partial charge in [-0.15, -0.1) is 0 Å². The molecule has 2 amide bonds. The van der Waals surface area contributed by atoms with Gasteiger partial charge in [0.05, 0.1) is 5.60 Å². The van der Waals surface area contributed by atoms with Crippen molar-refractivity contribution < 1.29 is 14.3 Å². The number of nitrogens with zero attached hydrogens (tertiary/aromatic N) is 1. The van der Waals surface area contributed by atoms with E-state index in [2.05, 4.69) is 0 Å². The lowest BCUT2D eigenvalue weighted by atomic mass is 9.94. The Morgan fingerprint density at radius 2 is 2.00 bits per heavy atom. The van der Waals surface area contributed by atoms with Gasteiger partial charge >= 0.3 is 0 Å². The van der Waals surface area contributed by atoms with Crippen molar-refractivity contribution in [2.75, 3.05) is 13.7 Å². The topological polar surface area (TPSA) is 46.6 Å². The van der Waals surface area contributed by atoms with E-state index >= 15 is 0 Å². The standard InChI is InChI=1S/C14H25NO3/c1-10(2)11-9-12(16)15(13(11)17)8-6-7-14(3,4)18-5/h10-11H,6-9H2,1-5H3. The Kier molecular flexibility index (Phi) is 4.91. The first-order valence-electron chi connectivity index (χ1n) is 6.68. The van der Waals surface area contributed by atoms with E-state index in [1.807, 2.05) is 27.7 Å². The van der Waals surface area contributed by atoms with Crippen LogP contribution in [-0.4, -0.2) is 36.0 Å². The molecule has 1 fully saturated rings. The van der Waals surface area contributed by atoms with Gasteiger partial charge in [-0.1, -0.05) is 13.8 Å². The summed E-state index contributed by atoms with van der Waals surface area (Å²) in [5.74, 6) is 0.106. The minimum atomic E-state index is -0.191. The van der Waals surface area contributed by atoms with E-state index < -0.39 is 0 Å². The van der Waals surface area contributed by atoms with Gasteiger partial charge < -0.3 is 4.74 Å². The highest BCUT2D eigenvalue weighted by molar-refractivity contribution is 6.03. The second-order valence-corrected chi connectivity index (χ2v) is 6.01. The summed E-state index contributed by atoms with van der Waals surface area (Å²) in [7, 11) is 1.68. The molecule has 0 aromatic carbocycles. The molecule has 0 aliphatic carbocycles. The van der Waals surface area contributed by atoms with E-state index in [0.717, 1.165) is 12.8 Å². The van der Waals surface area contributed by atoms with Crippen LogP contribution in [0.1, 0.15) is 47.0 Å². The molecule has 1 saturated heterocycles. The van der Waals surface area contributed by atoms with Crippen LogP contribution in [0.5, 0.6) is 0 Å². The minimum Gasteiger partial charge on any atom is -0.379 e. The Labute approximate surface area is 110 Å². The number of ether oxygens (including phenoxy) is 1. The molecule has 1 aliphatic heterocycles. The first kappa shape index (κ1) is 15.2. The summed E-state index contributed by atoms with van der Waals surface area (Å²) < 4.78 is 5.33. The molecule has 1 aliphatic rings. The Morgan fingerprint density at radius 3 is 2.44 bits per heavy atom. The van der Waals surface area contributed by atoms with E-state index in [-0.39, 0.29) is 29.3 Å². The van der Waals surface area contributed by atoms with Crippen molar-refractivity contribution in [3.63, 3.8) is 0 Å². The summed E-state index contributed by atoms with van der Waals surface area (Å²) in [6.07, 6.45) is 2.01. The minimum absolute atomic E-state index is 0.00484. The maximum atomic E-state index is 12.1. The van der Waals surface area contributed by atoms with Crippen LogP contribution >= 0.6 is 0 Å². The predicted octanol–water partition coefficient (Wildman–Crippen LogP) is 2.22. The Bertz CT molecular complexity index is 323. The summed E-state index contributed by atoms with van der Waals surface area (Å²) in [5, 5.41) is 0. The molecule has 0 aromatic heterocycles. The van der Waals surface area contributed by atoms with Crippen LogP contribution in [-0.2, 0) is 14.3 Å². The third kappa shape index (κ3) is 3.55. The molecule has 0 aromatic rings. The number of carbonyl (C=O) groups is 2. The molecule has 0 bridgehead atoms. The van der Waals surface area contributed by atoms with Crippen LogP contribution in [0.2, 0.25) is 0 Å². The lowest BCUT2D eigenvalue weighted by Gasteiger charge is -2.24. The van der Waals surface area contributed by atoms with Crippen LogP contribution in [0.4, 0.5) is 0 Å². The molecule has 0 N–H and O–H groups in total. The van der Waals surface area contributed by atoms with Gasteiger partial charge in [0.1, 0.15) is 0 Å². The number of likely N-dealkylation sites (tertiary alicyclic amines) is 1. The number of amides is 2. The molecule has 4 heteroatoms. The molecule has 18 heavy (non-hydrogen) atoms. The second kappa shape index (κ2) is 5.83. The Morgan fingerprint density at radius 1 is 1.39 bits per heavy atom. The highest BCUT2D eigenvalue weighted by Gasteiger charge is 2.39. The maximum absolute atomic E-state index is 12.1. The number of hydrogen-bond acceptors (Lipinski definition) is 3. The van der Waals surface area contributed by atoms with Gasteiger partial charge in [0, 0.05) is 26.0 Å². The molecule has 0 saturated carbocycles. The first-order chi connectivity index (χ1) is 8.28. The Hall–Kier alpha value is -0.900. The first-order valence-corrected chi connectivity index (χ1v) is 6.68. The zero-order chi connectivity index (χ0) is 13.9. The predicted molar refractivity (Wildman–Crippen MR) is 70.0 cm³/mol. The molecule has 1 rings (SSSR count). The van der Waals surface area contributed by atoms with Gasteiger partial charge in [0.25, 0.3) is 0 Å². The number of imide groups is 1. The van der Waals surface area contributed by atoms with E-state index in [4.69, 9.17) is 4.74 Å². The van der Waals surface area contributed by atoms with Crippen LogP contribution in [0, 0.1) is 11.8 Å². The zero-order valence-corrected chi connectivity index (χ0v) is 12.2. The van der Waals surface area contributed by atoms with Crippen LogP contribution in [0.15, 0.2) is 0 Å². The average molecular weight is 255 g/mol. The number of carbonyl (C=O) groups excluding carboxylic acids is 2. The van der Waals surface area contributed by atoms with Crippen molar-refractivity contribution in [1.82, 2.24) is 4.90 Å². The van der Waals surface area contributed by atoms with Crippen molar-refractivity contribution in [3.8, 4) is 0 Å². The zero-order valence-electron chi connectivity index (χ0n) is 12.2. The highest BCUT2D eigenvalue weighted by atomic mass is 16.5. The van der Waals surface area contributed by atoms with Gasteiger partial charge in [-0.25, -0.2) is 0 Å². The number of methoxy groups -OCH3 is 1. The summed E-state index contributed by atoms with van der Waals surface area (Å²) in [5.41, 5.74) is -0.191. The molecule has 0 spiro atoms. The van der Waals surface area contributed by atoms with E-state index in [1.165, 1.54) is 4.90 Å². The third-order valence-electron chi connectivity index (χ3n) is 3.80. The van der Waals surface area contributed by atoms with Crippen molar-refractivity contribution in [2.24, 2.45) is 11.8 Å². The Balaban J connectivity index is 2.48. The fourth-order valence-corrected chi connectivity index (χ4v) is 2.23. The largest absolute Gasteiger partial charge is 0.379 e. The molecule has 1 atom stereocenters. The number of hydrogen-bond donors (Lipinski definition) is 0. The quantitative estimate of drug-likeness (QED) is 0.684. The lowest BCUT2D eigenvalue weighted by molar-refractivity contribution is -0.140. The SMILES string of the molecule is COC(C)(C)CCCN1C(=O)CC(C(C)C)C1=O. The molecule has 1 unspecified atom stereocenters. The van der Waals surface area contributed by atoms with Crippen molar-refractivity contribution in [3.05, 3.63) is 0 Å². The average Bonchev–Trinajstić information content (AvgIpc) is 2.56. The van der Waals surface area contributed by atoms with Crippen molar-refractivity contribution in [2.45, 2.75) is 52.6 Å². The van der Waals surface area contributed by atoms with Gasteiger partial charge in [-0.3, -0.25) is 14.5 Å². The van der Waals surface area contributed by atoms with Gasteiger partial charge in [-0.05, 0) is 32.6 Å². The summed E-state index contributed by atoms with van der Waals surface area (Å²) in [4.78, 5) is 25.3. The smallest absolute Gasteiger partial charge is 0.233 e. The van der Waals surface area contributed by atoms with E-state index in [9.17, 15) is 9.59 Å². The fourth-order valence-electron chi connectivity index (χ4n) is 2.23. The molecule has 104 valence electrons. The van der Waals surface area contributed by atoms with E-state index in [0.29, 0.717) is 13.0 Å². The van der Waals surface area contributed by atoms with Gasteiger partial charge in [-0.2, -0.15) is 0 Å². The van der Waals surface area contributed by atoms with Crippen LogP contribution in [0.3, 0.4) is 0 Å². The van der Waals surface area contributed by atoms with Gasteiger partial charge in [0.15, 0.2) is 0 Å². The monoisotopic (exact) mass is 255 g/mol. The third-order valence-corrected chi connectivity index (χ3v) is 3.80. The van der Waals surface area contributed by atoms with Crippen LogP contribution < -0.4 is 0 Å². The van der Waals surface area contributed by atoms with Crippen molar-refractivity contribution >= 4 is 11.8 Å². The van der Waals surface area contributed by atoms with Gasteiger partial charge in [0.2, 0.25) is 11.8 Å². The number of rotatable bonds is 6. The lowest BCUT2D eigenvalue weighted by Crippen LogP contribution is -2.34. The van der Waals surface area contributed by atoms with E-state index in [1.54, 1.807) is 7.11 Å². The van der Waals surface area contributed by atoms with Crippen LogP contribution in [0.25, 0.3) is 0 Å².